The molecule has 0 spiro atoms. The van der Waals surface area contributed by atoms with Crippen molar-refractivity contribution in [3.8, 4) is 0 Å². The Morgan fingerprint density at radius 3 is 3.09 bits per heavy atom. The summed E-state index contributed by atoms with van der Waals surface area (Å²) in [5.41, 5.74) is 2.14. The van der Waals surface area contributed by atoms with Crippen LogP contribution in [0.2, 0.25) is 0 Å². The van der Waals surface area contributed by atoms with Gasteiger partial charge in [0.05, 0.1) is 0 Å². The van der Waals surface area contributed by atoms with Gasteiger partial charge < -0.3 is 9.88 Å². The molecule has 0 radical (unpaired) electrons. The molecular weight excluding hydrogens is 292 g/mol. The van der Waals surface area contributed by atoms with Gasteiger partial charge in [0.25, 0.3) is 0 Å². The van der Waals surface area contributed by atoms with Crippen molar-refractivity contribution in [1.29, 1.82) is 0 Å². The van der Waals surface area contributed by atoms with Crippen LogP contribution < -0.4 is 5.32 Å². The van der Waals surface area contributed by atoms with Gasteiger partial charge in [-0.15, -0.1) is 0 Å². The molecule has 0 aliphatic carbocycles. The number of piperidine rings is 1. The van der Waals surface area contributed by atoms with Crippen LogP contribution in [0.1, 0.15) is 44.0 Å². The molecule has 0 saturated carbocycles. The number of aromatic nitrogens is 3. The van der Waals surface area contributed by atoms with Crippen molar-refractivity contribution < 1.29 is 0 Å². The van der Waals surface area contributed by atoms with Gasteiger partial charge in [0.15, 0.2) is 5.65 Å². The molecule has 2 aromatic rings. The summed E-state index contributed by atoms with van der Waals surface area (Å²) >= 11 is 2.07. The van der Waals surface area contributed by atoms with Crippen molar-refractivity contribution in [2.45, 2.75) is 50.6 Å². The van der Waals surface area contributed by atoms with Gasteiger partial charge in [0, 0.05) is 30.5 Å². The van der Waals surface area contributed by atoms with Crippen molar-refractivity contribution in [1.82, 2.24) is 19.9 Å². The average Bonchev–Trinajstić information content (AvgIpc) is 2.94. The first-order chi connectivity index (χ1) is 10.9. The molecule has 2 saturated heterocycles. The van der Waals surface area contributed by atoms with Crippen molar-refractivity contribution in [3.63, 3.8) is 0 Å². The Balaban J connectivity index is 1.68. The Morgan fingerprint density at radius 1 is 1.27 bits per heavy atom. The lowest BCUT2D eigenvalue weighted by atomic mass is 10.0. The Kier molecular flexibility index (Phi) is 4.35. The molecule has 2 aliphatic heterocycles. The molecule has 1 N–H and O–H groups in total. The molecule has 2 atom stereocenters. The molecule has 5 heteroatoms. The van der Waals surface area contributed by atoms with E-state index in [1.807, 2.05) is 12.3 Å². The van der Waals surface area contributed by atoms with Crippen LogP contribution in [0.3, 0.4) is 0 Å². The monoisotopic (exact) mass is 316 g/mol. The normalized spacial score (nSPS) is 26.4. The number of imidazole rings is 1. The number of nitrogens with one attached hydrogen (secondary N) is 1. The van der Waals surface area contributed by atoms with Crippen LogP contribution in [0.15, 0.2) is 18.3 Å². The first-order valence-corrected chi connectivity index (χ1v) is 9.70. The average molecular weight is 316 g/mol. The fraction of sp³-hybridized carbons (Fsp3) is 0.647. The third-order valence-electron chi connectivity index (χ3n) is 4.86. The van der Waals surface area contributed by atoms with Crippen LogP contribution in [0.4, 0.5) is 0 Å². The summed E-state index contributed by atoms with van der Waals surface area (Å²) in [7, 11) is 0. The third-order valence-corrected chi connectivity index (χ3v) is 6.06. The van der Waals surface area contributed by atoms with Crippen LogP contribution in [0.25, 0.3) is 11.2 Å². The highest BCUT2D eigenvalue weighted by Crippen LogP contribution is 2.31. The Hall–Kier alpha value is -1.07. The van der Waals surface area contributed by atoms with Gasteiger partial charge in [-0.2, -0.15) is 11.8 Å². The molecule has 0 bridgehead atoms. The number of nitrogens with zero attached hydrogens (tertiary/aromatic N) is 3. The van der Waals surface area contributed by atoms with Crippen molar-refractivity contribution in [3.05, 3.63) is 24.2 Å². The Bertz CT molecular complexity index is 627. The van der Waals surface area contributed by atoms with Crippen LogP contribution >= 0.6 is 11.8 Å². The standard InChI is InChI=1S/C17H24N4S/c1-2-8-18-13(5-1)11-16-20-15-7-3-9-19-17(15)21(16)14-6-4-10-22-12-14/h3,7,9,13-14,18H,1-2,4-6,8,10-12H2. The zero-order chi connectivity index (χ0) is 14.8. The molecule has 4 nitrogen and oxygen atoms in total. The zero-order valence-electron chi connectivity index (χ0n) is 13.0. The minimum atomic E-state index is 0.567. The molecule has 22 heavy (non-hydrogen) atoms. The lowest BCUT2D eigenvalue weighted by molar-refractivity contribution is 0.384. The van der Waals surface area contributed by atoms with Gasteiger partial charge in [-0.05, 0) is 50.1 Å². The summed E-state index contributed by atoms with van der Waals surface area (Å²) in [4.78, 5) is 9.57. The van der Waals surface area contributed by atoms with E-state index in [4.69, 9.17) is 4.98 Å². The predicted octanol–water partition coefficient (Wildman–Crippen LogP) is 3.18. The van der Waals surface area contributed by atoms with E-state index in [1.165, 1.54) is 49.4 Å². The highest BCUT2D eigenvalue weighted by molar-refractivity contribution is 7.99. The van der Waals surface area contributed by atoms with Gasteiger partial charge in [-0.25, -0.2) is 9.97 Å². The van der Waals surface area contributed by atoms with Crippen LogP contribution in [-0.4, -0.2) is 38.6 Å². The van der Waals surface area contributed by atoms with E-state index in [-0.39, 0.29) is 0 Å². The minimum Gasteiger partial charge on any atom is -0.314 e. The van der Waals surface area contributed by atoms with Gasteiger partial charge in [-0.3, -0.25) is 0 Å². The van der Waals surface area contributed by atoms with Crippen LogP contribution in [0.5, 0.6) is 0 Å². The fourth-order valence-electron chi connectivity index (χ4n) is 3.75. The molecule has 2 aromatic heterocycles. The van der Waals surface area contributed by atoms with E-state index >= 15 is 0 Å². The van der Waals surface area contributed by atoms with E-state index in [1.54, 1.807) is 0 Å². The van der Waals surface area contributed by atoms with Gasteiger partial charge in [0.2, 0.25) is 0 Å². The molecular formula is C17H24N4S. The van der Waals surface area contributed by atoms with Gasteiger partial charge in [0.1, 0.15) is 11.3 Å². The molecule has 2 aliphatic rings. The van der Waals surface area contributed by atoms with E-state index < -0.39 is 0 Å². The summed E-state index contributed by atoms with van der Waals surface area (Å²) in [6, 6.07) is 5.25. The van der Waals surface area contributed by atoms with Crippen molar-refractivity contribution >= 4 is 22.9 Å². The fourth-order valence-corrected chi connectivity index (χ4v) is 4.88. The van der Waals surface area contributed by atoms with Crippen molar-refractivity contribution in [2.75, 3.05) is 18.1 Å². The number of thioether (sulfide) groups is 1. The molecule has 4 rings (SSSR count). The molecule has 2 fully saturated rings. The van der Waals surface area contributed by atoms with Crippen LogP contribution in [-0.2, 0) is 6.42 Å². The van der Waals surface area contributed by atoms with Crippen molar-refractivity contribution in [2.24, 2.45) is 0 Å². The molecule has 0 amide bonds. The summed E-state index contributed by atoms with van der Waals surface area (Å²) in [6.07, 6.45) is 9.44. The van der Waals surface area contributed by atoms with Gasteiger partial charge >= 0.3 is 0 Å². The third kappa shape index (κ3) is 2.88. The maximum Gasteiger partial charge on any atom is 0.160 e. The maximum atomic E-state index is 4.93. The van der Waals surface area contributed by atoms with E-state index in [2.05, 4.69) is 32.7 Å². The largest absolute Gasteiger partial charge is 0.314 e. The Morgan fingerprint density at radius 2 is 2.27 bits per heavy atom. The Labute approximate surface area is 136 Å². The quantitative estimate of drug-likeness (QED) is 0.944. The molecule has 0 aromatic carbocycles. The lowest BCUT2D eigenvalue weighted by Gasteiger charge is -2.27. The van der Waals surface area contributed by atoms with Gasteiger partial charge in [-0.1, -0.05) is 6.42 Å². The van der Waals surface area contributed by atoms with E-state index in [0.29, 0.717) is 12.1 Å². The number of pyridine rings is 1. The predicted molar refractivity (Wildman–Crippen MR) is 92.5 cm³/mol. The molecule has 2 unspecified atom stereocenters. The number of hydrogen-bond acceptors (Lipinski definition) is 4. The second-order valence-electron chi connectivity index (χ2n) is 6.47. The summed E-state index contributed by atoms with van der Waals surface area (Å²) in [6.45, 7) is 1.16. The number of hydrogen-bond donors (Lipinski definition) is 1. The smallest absolute Gasteiger partial charge is 0.160 e. The van der Waals surface area contributed by atoms with Crippen LogP contribution in [0, 0.1) is 0 Å². The summed E-state index contributed by atoms with van der Waals surface area (Å²) in [5, 5.41) is 3.66. The maximum absolute atomic E-state index is 4.93. The summed E-state index contributed by atoms with van der Waals surface area (Å²) in [5.74, 6) is 3.74. The highest BCUT2D eigenvalue weighted by atomic mass is 32.2. The topological polar surface area (TPSA) is 42.7 Å². The SMILES string of the molecule is c1cnc2c(c1)nc(CC1CCCCN1)n2C1CCCSC1. The summed E-state index contributed by atoms with van der Waals surface area (Å²) < 4.78 is 2.46. The minimum absolute atomic E-state index is 0.567. The number of rotatable bonds is 3. The lowest BCUT2D eigenvalue weighted by Crippen LogP contribution is -2.36. The number of fused-ring (bicyclic) bond motifs is 1. The second kappa shape index (κ2) is 6.59. The van der Waals surface area contributed by atoms with E-state index in [9.17, 15) is 0 Å². The molecule has 118 valence electrons. The highest BCUT2D eigenvalue weighted by Gasteiger charge is 2.24. The zero-order valence-corrected chi connectivity index (χ0v) is 13.8. The second-order valence-corrected chi connectivity index (χ2v) is 7.62. The van der Waals surface area contributed by atoms with E-state index in [0.717, 1.165) is 24.1 Å². The first-order valence-electron chi connectivity index (χ1n) is 8.55. The molecule has 4 heterocycles. The first kappa shape index (κ1) is 14.5.